The van der Waals surface area contributed by atoms with Crippen LogP contribution in [0.1, 0.15) is 5.76 Å². The van der Waals surface area contributed by atoms with Crippen LogP contribution in [0.2, 0.25) is 0 Å². The summed E-state index contributed by atoms with van der Waals surface area (Å²) in [5, 5.41) is 0. The Hall–Kier alpha value is -1.36. The van der Waals surface area contributed by atoms with Crippen LogP contribution in [0.15, 0.2) is 39.7 Å². The minimum Gasteiger partial charge on any atom is -0.467 e. The predicted molar refractivity (Wildman–Crippen MR) is 60.5 cm³/mol. The summed E-state index contributed by atoms with van der Waals surface area (Å²) in [6.07, 6.45) is 5.10. The number of aromatic nitrogens is 2. The number of rotatable bonds is 3. The lowest BCUT2D eigenvalue weighted by molar-refractivity contribution is 0.506. The molecule has 0 bridgehead atoms. The van der Waals surface area contributed by atoms with Gasteiger partial charge in [-0.15, -0.1) is 0 Å². The Bertz CT molecular complexity index is 413. The van der Waals surface area contributed by atoms with Crippen LogP contribution in [0.5, 0.6) is 0 Å². The van der Waals surface area contributed by atoms with Crippen molar-refractivity contribution in [3.05, 3.63) is 41.0 Å². The van der Waals surface area contributed by atoms with Crippen molar-refractivity contribution in [3.63, 3.8) is 0 Å². The van der Waals surface area contributed by atoms with Crippen molar-refractivity contribution in [1.82, 2.24) is 9.97 Å². The zero-order valence-electron chi connectivity index (χ0n) is 8.22. The minimum absolute atomic E-state index is 0.661. The highest BCUT2D eigenvalue weighted by Gasteiger charge is 2.05. The molecule has 4 nitrogen and oxygen atoms in total. The smallest absolute Gasteiger partial charge is 0.225 e. The summed E-state index contributed by atoms with van der Waals surface area (Å²) in [5.41, 5.74) is 0. The van der Waals surface area contributed by atoms with Crippen LogP contribution in [-0.4, -0.2) is 17.0 Å². The number of nitrogens with zero attached hydrogens (tertiary/aromatic N) is 3. The topological polar surface area (TPSA) is 42.2 Å². The fraction of sp³-hybridized carbons (Fsp3) is 0.200. The zero-order valence-corrected chi connectivity index (χ0v) is 9.81. The molecule has 2 aromatic heterocycles. The molecule has 0 N–H and O–H groups in total. The Labute approximate surface area is 96.1 Å². The van der Waals surface area contributed by atoms with Crippen molar-refractivity contribution in [2.75, 3.05) is 11.9 Å². The maximum absolute atomic E-state index is 5.24. The highest BCUT2D eigenvalue weighted by Crippen LogP contribution is 2.12. The number of hydrogen-bond donors (Lipinski definition) is 0. The van der Waals surface area contributed by atoms with Crippen LogP contribution in [0.3, 0.4) is 0 Å². The van der Waals surface area contributed by atoms with Crippen LogP contribution in [-0.2, 0) is 6.54 Å². The van der Waals surface area contributed by atoms with E-state index >= 15 is 0 Å². The first-order valence-electron chi connectivity index (χ1n) is 4.47. The Morgan fingerprint density at radius 2 is 2.13 bits per heavy atom. The van der Waals surface area contributed by atoms with Gasteiger partial charge in [-0.05, 0) is 28.1 Å². The molecule has 0 aliphatic carbocycles. The maximum atomic E-state index is 5.24. The van der Waals surface area contributed by atoms with Gasteiger partial charge in [0.25, 0.3) is 0 Å². The molecule has 5 heteroatoms. The van der Waals surface area contributed by atoms with E-state index in [0.29, 0.717) is 12.5 Å². The van der Waals surface area contributed by atoms with E-state index < -0.39 is 0 Å². The van der Waals surface area contributed by atoms with Gasteiger partial charge in [-0.25, -0.2) is 9.97 Å². The quantitative estimate of drug-likeness (QED) is 0.857. The van der Waals surface area contributed by atoms with Gasteiger partial charge in [-0.2, -0.15) is 0 Å². The van der Waals surface area contributed by atoms with Gasteiger partial charge in [-0.3, -0.25) is 0 Å². The Kier molecular flexibility index (Phi) is 3.01. The fourth-order valence-corrected chi connectivity index (χ4v) is 1.41. The van der Waals surface area contributed by atoms with Crippen molar-refractivity contribution in [2.24, 2.45) is 0 Å². The van der Waals surface area contributed by atoms with E-state index in [0.717, 1.165) is 10.2 Å². The maximum Gasteiger partial charge on any atom is 0.225 e. The van der Waals surface area contributed by atoms with Gasteiger partial charge in [-0.1, -0.05) is 0 Å². The van der Waals surface area contributed by atoms with E-state index in [9.17, 15) is 0 Å². The molecular weight excluding hydrogens is 258 g/mol. The van der Waals surface area contributed by atoms with Gasteiger partial charge in [0.05, 0.1) is 17.3 Å². The molecule has 0 aliphatic rings. The van der Waals surface area contributed by atoms with Crippen molar-refractivity contribution in [1.29, 1.82) is 0 Å². The molecule has 0 atom stereocenters. The highest BCUT2D eigenvalue weighted by molar-refractivity contribution is 9.10. The molecule has 0 unspecified atom stereocenters. The van der Waals surface area contributed by atoms with Gasteiger partial charge in [0.2, 0.25) is 5.95 Å². The standard InChI is InChI=1S/C10H10BrN3O/c1-14(7-9-3-2-4-15-9)10-12-5-8(11)6-13-10/h2-6H,7H2,1H3. The molecule has 2 aromatic rings. The largest absolute Gasteiger partial charge is 0.467 e. The normalized spacial score (nSPS) is 10.3. The summed E-state index contributed by atoms with van der Waals surface area (Å²) in [6, 6.07) is 3.79. The summed E-state index contributed by atoms with van der Waals surface area (Å²) < 4.78 is 6.12. The molecule has 0 radical (unpaired) electrons. The Morgan fingerprint density at radius 1 is 1.40 bits per heavy atom. The van der Waals surface area contributed by atoms with Crippen molar-refractivity contribution < 1.29 is 4.42 Å². The third-order valence-corrected chi connectivity index (χ3v) is 2.33. The average molecular weight is 268 g/mol. The van der Waals surface area contributed by atoms with E-state index in [2.05, 4.69) is 25.9 Å². The lowest BCUT2D eigenvalue weighted by Gasteiger charge is -2.14. The molecule has 15 heavy (non-hydrogen) atoms. The third-order valence-electron chi connectivity index (χ3n) is 1.92. The first-order valence-corrected chi connectivity index (χ1v) is 5.26. The molecule has 0 aliphatic heterocycles. The molecular formula is C10H10BrN3O. The summed E-state index contributed by atoms with van der Waals surface area (Å²) in [5.74, 6) is 1.57. The van der Waals surface area contributed by atoms with Crippen LogP contribution < -0.4 is 4.90 Å². The summed E-state index contributed by atoms with van der Waals surface area (Å²) in [4.78, 5) is 10.3. The van der Waals surface area contributed by atoms with Crippen molar-refractivity contribution >= 4 is 21.9 Å². The second-order valence-corrected chi connectivity index (χ2v) is 4.05. The van der Waals surface area contributed by atoms with Crippen LogP contribution >= 0.6 is 15.9 Å². The molecule has 0 saturated heterocycles. The molecule has 2 rings (SSSR count). The second kappa shape index (κ2) is 4.44. The number of anilines is 1. The number of furan rings is 1. The lowest BCUT2D eigenvalue weighted by atomic mass is 10.4. The van der Waals surface area contributed by atoms with E-state index in [-0.39, 0.29) is 0 Å². The molecule has 0 aromatic carbocycles. The summed E-state index contributed by atoms with van der Waals surface area (Å²) >= 11 is 3.29. The van der Waals surface area contributed by atoms with Gasteiger partial charge in [0, 0.05) is 19.4 Å². The Morgan fingerprint density at radius 3 is 2.73 bits per heavy atom. The monoisotopic (exact) mass is 267 g/mol. The SMILES string of the molecule is CN(Cc1ccco1)c1ncc(Br)cn1. The first kappa shape index (κ1) is 10.2. The number of hydrogen-bond acceptors (Lipinski definition) is 4. The molecule has 0 saturated carbocycles. The second-order valence-electron chi connectivity index (χ2n) is 3.14. The first-order chi connectivity index (χ1) is 7.25. The zero-order chi connectivity index (χ0) is 10.7. The molecule has 0 spiro atoms. The summed E-state index contributed by atoms with van der Waals surface area (Å²) in [7, 11) is 1.92. The van der Waals surface area contributed by atoms with Crippen LogP contribution in [0.25, 0.3) is 0 Å². The Balaban J connectivity index is 2.08. The van der Waals surface area contributed by atoms with Gasteiger partial charge in [0.15, 0.2) is 0 Å². The molecule has 2 heterocycles. The van der Waals surface area contributed by atoms with Gasteiger partial charge < -0.3 is 9.32 Å². The average Bonchev–Trinajstić information content (AvgIpc) is 2.71. The van der Waals surface area contributed by atoms with Crippen LogP contribution in [0, 0.1) is 0 Å². The van der Waals surface area contributed by atoms with Crippen molar-refractivity contribution in [3.8, 4) is 0 Å². The van der Waals surface area contributed by atoms with E-state index in [4.69, 9.17) is 4.42 Å². The minimum atomic E-state index is 0.661. The number of halogens is 1. The van der Waals surface area contributed by atoms with Gasteiger partial charge in [0.1, 0.15) is 5.76 Å². The van der Waals surface area contributed by atoms with Crippen LogP contribution in [0.4, 0.5) is 5.95 Å². The fourth-order valence-electron chi connectivity index (χ4n) is 1.21. The molecule has 78 valence electrons. The van der Waals surface area contributed by atoms with E-state index in [1.54, 1.807) is 18.7 Å². The van der Waals surface area contributed by atoms with Gasteiger partial charge >= 0.3 is 0 Å². The third kappa shape index (κ3) is 2.56. The predicted octanol–water partition coefficient (Wildman–Crippen LogP) is 2.47. The van der Waals surface area contributed by atoms with Crippen molar-refractivity contribution in [2.45, 2.75) is 6.54 Å². The van der Waals surface area contributed by atoms with E-state index in [1.165, 1.54) is 0 Å². The molecule has 0 fully saturated rings. The lowest BCUT2D eigenvalue weighted by Crippen LogP contribution is -2.18. The highest BCUT2D eigenvalue weighted by atomic mass is 79.9. The summed E-state index contributed by atoms with van der Waals surface area (Å²) in [6.45, 7) is 0.661. The van der Waals surface area contributed by atoms with E-state index in [1.807, 2.05) is 24.1 Å². The molecule has 0 amide bonds.